The molecular weight excluding hydrogens is 384 g/mol. The summed E-state index contributed by atoms with van der Waals surface area (Å²) in [5, 5.41) is 8.85. The first-order valence-corrected chi connectivity index (χ1v) is 10.9. The van der Waals surface area contributed by atoms with Gasteiger partial charge in [0, 0.05) is 17.9 Å². The fraction of sp³-hybridized carbons (Fsp3) is 0.609. The number of amides is 1. The van der Waals surface area contributed by atoms with Crippen molar-refractivity contribution in [3.8, 4) is 5.75 Å². The minimum Gasteiger partial charge on any atom is -0.494 e. The number of hydrogen-bond acceptors (Lipinski definition) is 5. The summed E-state index contributed by atoms with van der Waals surface area (Å²) in [7, 11) is 0. The molecule has 7 nitrogen and oxygen atoms in total. The number of unbranched alkanes of at least 4 members (excludes halogenated alkanes) is 5. The van der Waals surface area contributed by atoms with Gasteiger partial charge in [-0.1, -0.05) is 39.0 Å². The number of carboxylic acid groups (broad SMARTS) is 1. The number of nitrogens with two attached hydrogens (primary N) is 2. The van der Waals surface area contributed by atoms with Crippen LogP contribution in [0.3, 0.4) is 0 Å². The van der Waals surface area contributed by atoms with Gasteiger partial charge >= 0.3 is 5.97 Å². The van der Waals surface area contributed by atoms with Gasteiger partial charge < -0.3 is 21.3 Å². The fourth-order valence-corrected chi connectivity index (χ4v) is 3.24. The quantitative estimate of drug-likeness (QED) is 0.260. The summed E-state index contributed by atoms with van der Waals surface area (Å²) in [6.07, 6.45) is 7.81. The fourth-order valence-electron chi connectivity index (χ4n) is 3.24. The number of rotatable bonds is 17. The van der Waals surface area contributed by atoms with Crippen molar-refractivity contribution in [1.29, 1.82) is 0 Å². The molecule has 1 aromatic rings. The average molecular weight is 421 g/mol. The Kier molecular flexibility index (Phi) is 12.4. The van der Waals surface area contributed by atoms with Crippen LogP contribution in [0.1, 0.15) is 81.5 Å². The van der Waals surface area contributed by atoms with Gasteiger partial charge in [0.05, 0.1) is 6.61 Å². The molecule has 0 aliphatic rings. The third-order valence-electron chi connectivity index (χ3n) is 5.16. The molecule has 2 atom stereocenters. The van der Waals surface area contributed by atoms with Crippen molar-refractivity contribution in [2.45, 2.75) is 77.2 Å². The molecule has 1 unspecified atom stereocenters. The Morgan fingerprint density at radius 3 is 2.27 bits per heavy atom. The number of ether oxygens (including phenoxy) is 1. The van der Waals surface area contributed by atoms with Gasteiger partial charge in [0.15, 0.2) is 5.78 Å². The van der Waals surface area contributed by atoms with E-state index in [1.54, 1.807) is 0 Å². The summed E-state index contributed by atoms with van der Waals surface area (Å²) in [6.45, 7) is 2.69. The molecule has 0 radical (unpaired) electrons. The Morgan fingerprint density at radius 2 is 1.67 bits per heavy atom. The predicted octanol–water partition coefficient (Wildman–Crippen LogP) is 3.68. The molecule has 1 amide bonds. The van der Waals surface area contributed by atoms with Crippen LogP contribution in [0, 0.1) is 5.92 Å². The van der Waals surface area contributed by atoms with Gasteiger partial charge in [-0.3, -0.25) is 14.4 Å². The lowest BCUT2D eigenvalue weighted by Crippen LogP contribution is -2.36. The zero-order valence-electron chi connectivity index (χ0n) is 18.0. The third-order valence-corrected chi connectivity index (χ3v) is 5.16. The van der Waals surface area contributed by atoms with Crippen molar-refractivity contribution in [3.63, 3.8) is 0 Å². The summed E-state index contributed by atoms with van der Waals surface area (Å²) in [5.41, 5.74) is 11.6. The zero-order valence-corrected chi connectivity index (χ0v) is 18.0. The normalized spacial score (nSPS) is 12.9. The van der Waals surface area contributed by atoms with Gasteiger partial charge in [0.25, 0.3) is 0 Å². The van der Waals surface area contributed by atoms with Gasteiger partial charge in [-0.15, -0.1) is 0 Å². The number of hydrogen-bond donors (Lipinski definition) is 3. The Labute approximate surface area is 179 Å². The molecule has 0 bridgehead atoms. The van der Waals surface area contributed by atoms with E-state index >= 15 is 0 Å². The van der Waals surface area contributed by atoms with Crippen LogP contribution in [0.4, 0.5) is 0 Å². The monoisotopic (exact) mass is 420 g/mol. The number of Topliss-reactive ketones (excluding diaryl/α,β-unsaturated/α-hetero) is 1. The molecule has 1 rings (SSSR count). The first kappa shape index (κ1) is 25.6. The highest BCUT2D eigenvalue weighted by atomic mass is 16.5. The number of aliphatic carboxylic acids is 1. The van der Waals surface area contributed by atoms with Crippen molar-refractivity contribution in [2.75, 3.05) is 6.61 Å². The minimum absolute atomic E-state index is 0.0743. The number of carboxylic acids is 1. The highest BCUT2D eigenvalue weighted by molar-refractivity contribution is 5.96. The lowest BCUT2D eigenvalue weighted by Gasteiger charge is -2.15. The average Bonchev–Trinajstić information content (AvgIpc) is 2.72. The van der Waals surface area contributed by atoms with Crippen molar-refractivity contribution in [3.05, 3.63) is 29.8 Å². The second-order valence-corrected chi connectivity index (χ2v) is 7.74. The van der Waals surface area contributed by atoms with Gasteiger partial charge in [-0.05, 0) is 49.9 Å². The van der Waals surface area contributed by atoms with Crippen LogP contribution in [0.5, 0.6) is 5.75 Å². The molecule has 0 spiro atoms. The highest BCUT2D eigenvalue weighted by Gasteiger charge is 2.22. The maximum Gasteiger partial charge on any atom is 0.320 e. The number of primary amides is 1. The van der Waals surface area contributed by atoms with E-state index in [0.29, 0.717) is 19.4 Å². The summed E-state index contributed by atoms with van der Waals surface area (Å²) in [5.74, 6) is -1.20. The van der Waals surface area contributed by atoms with E-state index in [1.807, 2.05) is 24.3 Å². The smallest absolute Gasteiger partial charge is 0.320 e. The topological polar surface area (TPSA) is 133 Å². The van der Waals surface area contributed by atoms with Crippen LogP contribution in [0.25, 0.3) is 0 Å². The van der Waals surface area contributed by atoms with E-state index in [4.69, 9.17) is 21.3 Å². The van der Waals surface area contributed by atoms with E-state index in [2.05, 4.69) is 6.92 Å². The Balaban J connectivity index is 2.20. The maximum atomic E-state index is 12.1. The zero-order chi connectivity index (χ0) is 22.4. The van der Waals surface area contributed by atoms with Crippen LogP contribution >= 0.6 is 0 Å². The van der Waals surface area contributed by atoms with Crippen LogP contribution in [0.15, 0.2) is 24.3 Å². The standard InChI is InChI=1S/C23H36N2O5/c1-2-3-6-10-21(26)17-11-13-19(14-12-17)30-15-8-5-4-7-9-18(22(25)27)16-20(24)23(28)29/h11-14,18,20H,2-10,15-16,24H2,1H3,(H2,25,27)(H,28,29)/t18?,20-/m0/s1. The first-order valence-electron chi connectivity index (χ1n) is 10.9. The van der Waals surface area contributed by atoms with Crippen molar-refractivity contribution < 1.29 is 24.2 Å². The molecule has 5 N–H and O–H groups in total. The van der Waals surface area contributed by atoms with Crippen LogP contribution < -0.4 is 16.2 Å². The molecule has 0 aliphatic carbocycles. The summed E-state index contributed by atoms with van der Waals surface area (Å²) in [6, 6.07) is 6.23. The van der Waals surface area contributed by atoms with E-state index < -0.39 is 23.8 Å². The molecule has 0 heterocycles. The van der Waals surface area contributed by atoms with Gasteiger partial charge in [-0.25, -0.2) is 0 Å². The van der Waals surface area contributed by atoms with E-state index in [-0.39, 0.29) is 12.2 Å². The molecule has 0 aliphatic heterocycles. The lowest BCUT2D eigenvalue weighted by molar-refractivity contribution is -0.139. The Bertz CT molecular complexity index is 660. The van der Waals surface area contributed by atoms with Crippen LogP contribution in [-0.2, 0) is 9.59 Å². The minimum atomic E-state index is -1.12. The largest absolute Gasteiger partial charge is 0.494 e. The first-order chi connectivity index (χ1) is 14.3. The van der Waals surface area contributed by atoms with E-state index in [0.717, 1.165) is 56.3 Å². The SMILES string of the molecule is CCCCCC(=O)c1ccc(OCCCCCCC(C[C@H](N)C(=O)O)C(N)=O)cc1. The van der Waals surface area contributed by atoms with Crippen molar-refractivity contribution in [1.82, 2.24) is 0 Å². The Morgan fingerprint density at radius 1 is 1.00 bits per heavy atom. The second kappa shape index (κ2) is 14.6. The molecule has 0 saturated heterocycles. The predicted molar refractivity (Wildman–Crippen MR) is 116 cm³/mol. The van der Waals surface area contributed by atoms with Crippen LogP contribution in [0.2, 0.25) is 0 Å². The Hall–Kier alpha value is -2.41. The summed E-state index contributed by atoms with van der Waals surface area (Å²) in [4.78, 5) is 34.3. The third kappa shape index (κ3) is 10.4. The van der Waals surface area contributed by atoms with Gasteiger partial charge in [-0.2, -0.15) is 0 Å². The molecule has 0 saturated carbocycles. The second-order valence-electron chi connectivity index (χ2n) is 7.74. The number of carbonyl (C=O) groups is 3. The molecule has 30 heavy (non-hydrogen) atoms. The lowest BCUT2D eigenvalue weighted by atomic mass is 9.93. The van der Waals surface area contributed by atoms with E-state index in [1.165, 1.54) is 0 Å². The number of benzene rings is 1. The number of carbonyl (C=O) groups excluding carboxylic acids is 2. The summed E-state index contributed by atoms with van der Waals surface area (Å²) >= 11 is 0. The van der Waals surface area contributed by atoms with Gasteiger partial charge in [0.2, 0.25) is 5.91 Å². The van der Waals surface area contributed by atoms with Crippen molar-refractivity contribution >= 4 is 17.7 Å². The summed E-state index contributed by atoms with van der Waals surface area (Å²) < 4.78 is 5.72. The highest BCUT2D eigenvalue weighted by Crippen LogP contribution is 2.17. The molecule has 7 heteroatoms. The molecular formula is C23H36N2O5. The molecule has 0 aromatic heterocycles. The van der Waals surface area contributed by atoms with E-state index in [9.17, 15) is 14.4 Å². The molecule has 168 valence electrons. The maximum absolute atomic E-state index is 12.1. The number of ketones is 1. The van der Waals surface area contributed by atoms with Crippen molar-refractivity contribution in [2.24, 2.45) is 17.4 Å². The molecule has 0 fully saturated rings. The van der Waals surface area contributed by atoms with Gasteiger partial charge in [0.1, 0.15) is 11.8 Å². The molecule has 1 aromatic carbocycles. The van der Waals surface area contributed by atoms with Crippen LogP contribution in [-0.4, -0.2) is 35.4 Å².